The molecule has 0 atom stereocenters. The lowest BCUT2D eigenvalue weighted by atomic mass is 10.1. The van der Waals surface area contributed by atoms with Crippen molar-refractivity contribution in [1.82, 2.24) is 0 Å². The highest BCUT2D eigenvalue weighted by molar-refractivity contribution is 7.99. The largest absolute Gasteiger partial charge is 0.466 e. The average Bonchev–Trinajstić information content (AvgIpc) is 2.81. The molecule has 0 saturated carbocycles. The van der Waals surface area contributed by atoms with Gasteiger partial charge in [0.25, 0.3) is 0 Å². The fraction of sp³-hybridized carbons (Fsp3) is 0.929. The van der Waals surface area contributed by atoms with Crippen molar-refractivity contribution in [3.05, 3.63) is 0 Å². The zero-order chi connectivity index (χ0) is 24.2. The van der Waals surface area contributed by atoms with Crippen LogP contribution in [0, 0.1) is 0 Å². The monoisotopic (exact) mass is 486 g/mol. The summed E-state index contributed by atoms with van der Waals surface area (Å²) in [6.45, 7) is 5.59. The van der Waals surface area contributed by atoms with E-state index in [1.807, 2.05) is 0 Å². The van der Waals surface area contributed by atoms with Gasteiger partial charge in [0.15, 0.2) is 0 Å². The summed E-state index contributed by atoms with van der Waals surface area (Å²) in [5, 5.41) is 0. The maximum atomic E-state index is 11.8. The number of carbonyl (C=O) groups is 2. The minimum Gasteiger partial charge on any atom is -0.466 e. The number of rotatable bonds is 26. The molecule has 4 nitrogen and oxygen atoms in total. The van der Waals surface area contributed by atoms with Gasteiger partial charge in [-0.3, -0.25) is 9.59 Å². The molecule has 0 saturated heterocycles. The number of esters is 2. The van der Waals surface area contributed by atoms with Gasteiger partial charge in [-0.25, -0.2) is 0 Å². The number of carbonyl (C=O) groups excluding carboxylic acids is 2. The first-order valence-electron chi connectivity index (χ1n) is 14.1. The van der Waals surface area contributed by atoms with Gasteiger partial charge in [0.05, 0.1) is 26.1 Å². The Morgan fingerprint density at radius 3 is 1.12 bits per heavy atom. The van der Waals surface area contributed by atoms with Crippen LogP contribution in [0.2, 0.25) is 0 Å². The van der Waals surface area contributed by atoms with Crippen molar-refractivity contribution >= 4 is 23.7 Å². The molecule has 33 heavy (non-hydrogen) atoms. The topological polar surface area (TPSA) is 52.6 Å². The highest BCUT2D eigenvalue weighted by atomic mass is 32.2. The highest BCUT2D eigenvalue weighted by Gasteiger charge is 2.06. The van der Waals surface area contributed by atoms with Crippen LogP contribution in [0.1, 0.15) is 142 Å². The van der Waals surface area contributed by atoms with Crippen LogP contribution in [0.15, 0.2) is 0 Å². The molecule has 0 aromatic carbocycles. The van der Waals surface area contributed by atoms with Crippen LogP contribution in [-0.2, 0) is 19.1 Å². The Balaban J connectivity index is 3.28. The van der Waals surface area contributed by atoms with E-state index in [0.717, 1.165) is 25.7 Å². The molecule has 0 spiro atoms. The van der Waals surface area contributed by atoms with Gasteiger partial charge in [0.2, 0.25) is 0 Å². The highest BCUT2D eigenvalue weighted by Crippen LogP contribution is 2.11. The zero-order valence-corrected chi connectivity index (χ0v) is 22.8. The Kier molecular flexibility index (Phi) is 26.9. The number of unbranched alkanes of at least 4 members (excludes halogenated alkanes) is 16. The second kappa shape index (κ2) is 27.5. The third kappa shape index (κ3) is 27.4. The minimum absolute atomic E-state index is 0.116. The van der Waals surface area contributed by atoms with Crippen LogP contribution in [-0.4, -0.2) is 36.7 Å². The Morgan fingerprint density at radius 2 is 0.788 bits per heavy atom. The lowest BCUT2D eigenvalue weighted by molar-refractivity contribution is -0.144. The van der Waals surface area contributed by atoms with E-state index in [9.17, 15) is 9.59 Å². The molecule has 0 aromatic heterocycles. The molecule has 196 valence electrons. The van der Waals surface area contributed by atoms with Crippen molar-refractivity contribution in [3.63, 3.8) is 0 Å². The fourth-order valence-electron chi connectivity index (χ4n) is 3.75. The lowest BCUT2D eigenvalue weighted by Crippen LogP contribution is -2.09. The van der Waals surface area contributed by atoms with Gasteiger partial charge in [-0.15, -0.1) is 0 Å². The summed E-state index contributed by atoms with van der Waals surface area (Å²) in [6, 6.07) is 0. The normalized spacial score (nSPS) is 11.0. The van der Waals surface area contributed by atoms with Crippen molar-refractivity contribution < 1.29 is 19.1 Å². The summed E-state index contributed by atoms with van der Waals surface area (Å²) in [5.41, 5.74) is 0. The molecule has 0 fully saturated rings. The van der Waals surface area contributed by atoms with Gasteiger partial charge in [0, 0.05) is 11.5 Å². The minimum atomic E-state index is -0.116. The molecule has 0 aromatic rings. The first-order chi connectivity index (χ1) is 16.2. The predicted molar refractivity (Wildman–Crippen MR) is 143 cm³/mol. The summed E-state index contributed by atoms with van der Waals surface area (Å²) >= 11 is 1.62. The van der Waals surface area contributed by atoms with E-state index in [0.29, 0.717) is 37.6 Å². The molecular weight excluding hydrogens is 432 g/mol. The maximum absolute atomic E-state index is 11.8. The van der Waals surface area contributed by atoms with Crippen LogP contribution in [0.5, 0.6) is 0 Å². The second-order valence-electron chi connectivity index (χ2n) is 9.21. The second-order valence-corrected chi connectivity index (χ2v) is 10.4. The van der Waals surface area contributed by atoms with E-state index in [1.165, 1.54) is 89.9 Å². The molecule has 0 aliphatic rings. The average molecular weight is 487 g/mol. The molecule has 5 heteroatoms. The molecule has 0 amide bonds. The Bertz CT molecular complexity index is 390. The number of thioether (sulfide) groups is 1. The summed E-state index contributed by atoms with van der Waals surface area (Å²) < 4.78 is 10.6. The van der Waals surface area contributed by atoms with Crippen molar-refractivity contribution in [2.24, 2.45) is 0 Å². The number of ether oxygens (including phenoxy) is 2. The van der Waals surface area contributed by atoms with Gasteiger partial charge >= 0.3 is 11.9 Å². The van der Waals surface area contributed by atoms with Crippen LogP contribution in [0.25, 0.3) is 0 Å². The summed E-state index contributed by atoms with van der Waals surface area (Å²) in [6.07, 6.45) is 23.6. The van der Waals surface area contributed by atoms with Gasteiger partial charge in [-0.1, -0.05) is 117 Å². The molecule has 0 bridgehead atoms. The van der Waals surface area contributed by atoms with Crippen molar-refractivity contribution in [2.75, 3.05) is 24.7 Å². The van der Waals surface area contributed by atoms with Crippen molar-refractivity contribution in [3.8, 4) is 0 Å². The fourth-order valence-corrected chi connectivity index (χ4v) is 4.58. The smallest absolute Gasteiger partial charge is 0.306 e. The lowest BCUT2D eigenvalue weighted by Gasteiger charge is -2.06. The quantitative estimate of drug-likeness (QED) is 0.0904. The van der Waals surface area contributed by atoms with Gasteiger partial charge in [0.1, 0.15) is 0 Å². The van der Waals surface area contributed by atoms with E-state index in [1.54, 1.807) is 11.8 Å². The molecule has 0 N–H and O–H groups in total. The van der Waals surface area contributed by atoms with E-state index in [-0.39, 0.29) is 11.9 Å². The van der Waals surface area contributed by atoms with Gasteiger partial charge in [-0.2, -0.15) is 11.8 Å². The first-order valence-corrected chi connectivity index (χ1v) is 15.2. The summed E-state index contributed by atoms with van der Waals surface area (Å²) in [5.74, 6) is 1.19. The summed E-state index contributed by atoms with van der Waals surface area (Å²) in [4.78, 5) is 23.5. The molecule has 0 heterocycles. The van der Waals surface area contributed by atoms with E-state index in [4.69, 9.17) is 9.47 Å². The number of hydrogen-bond donors (Lipinski definition) is 0. The molecule has 0 rings (SSSR count). The maximum Gasteiger partial charge on any atom is 0.306 e. The standard InChI is InChI=1S/C28H54O4S/c1-3-5-7-9-11-13-15-17-19-23-31-27(29)21-25-33-26-22-28(30)32-24-20-18-16-14-12-10-8-6-4-2/h3-26H2,1-2H3. The van der Waals surface area contributed by atoms with E-state index in [2.05, 4.69) is 13.8 Å². The molecule has 0 unspecified atom stereocenters. The van der Waals surface area contributed by atoms with Crippen LogP contribution in [0.4, 0.5) is 0 Å². The Morgan fingerprint density at radius 1 is 0.485 bits per heavy atom. The van der Waals surface area contributed by atoms with Gasteiger partial charge in [-0.05, 0) is 12.8 Å². The molecule has 0 aliphatic heterocycles. The van der Waals surface area contributed by atoms with E-state index < -0.39 is 0 Å². The Hall–Kier alpha value is -0.710. The van der Waals surface area contributed by atoms with Crippen molar-refractivity contribution in [1.29, 1.82) is 0 Å². The zero-order valence-electron chi connectivity index (χ0n) is 22.0. The molecular formula is C28H54O4S. The van der Waals surface area contributed by atoms with E-state index >= 15 is 0 Å². The van der Waals surface area contributed by atoms with Crippen LogP contribution < -0.4 is 0 Å². The number of hydrogen-bond acceptors (Lipinski definition) is 5. The van der Waals surface area contributed by atoms with Crippen molar-refractivity contribution in [2.45, 2.75) is 142 Å². The third-order valence-corrected chi connectivity index (χ3v) is 6.91. The summed E-state index contributed by atoms with van der Waals surface area (Å²) in [7, 11) is 0. The Labute approximate surface area is 209 Å². The van der Waals surface area contributed by atoms with Crippen LogP contribution in [0.3, 0.4) is 0 Å². The predicted octanol–water partition coefficient (Wildman–Crippen LogP) is 8.65. The first kappa shape index (κ1) is 32.3. The van der Waals surface area contributed by atoms with Crippen LogP contribution >= 0.6 is 11.8 Å². The van der Waals surface area contributed by atoms with Gasteiger partial charge < -0.3 is 9.47 Å². The third-order valence-electron chi connectivity index (χ3n) is 5.92. The molecule has 0 aliphatic carbocycles. The SMILES string of the molecule is CCCCCCCCCCCOC(=O)CCSCCC(=O)OCCCCCCCCCCC. The molecule has 0 radical (unpaired) electrons.